The van der Waals surface area contributed by atoms with Crippen LogP contribution in [-0.4, -0.2) is 44.3 Å². The highest BCUT2D eigenvalue weighted by atomic mass is 32.2. The number of aryl methyl sites for hydroxylation is 1. The summed E-state index contributed by atoms with van der Waals surface area (Å²) in [6, 6.07) is 10.2. The van der Waals surface area contributed by atoms with E-state index in [2.05, 4.69) is 0 Å². The van der Waals surface area contributed by atoms with Gasteiger partial charge in [-0.25, -0.2) is 4.79 Å². The second-order valence-electron chi connectivity index (χ2n) is 6.74. The molecule has 2 aromatic carbocycles. The maximum absolute atomic E-state index is 12.7. The topological polar surface area (TPSA) is 54.0 Å². The number of carbonyl (C=O) groups is 1. The predicted molar refractivity (Wildman–Crippen MR) is 116 cm³/mol. The third kappa shape index (κ3) is 8.63. The van der Waals surface area contributed by atoms with Gasteiger partial charge in [0.2, 0.25) is 0 Å². The number of alkyl halides is 3. The first-order chi connectivity index (χ1) is 15.2. The van der Waals surface area contributed by atoms with Gasteiger partial charge in [-0.15, -0.1) is 11.8 Å². The highest BCUT2D eigenvalue weighted by Gasteiger charge is 2.30. The molecule has 0 spiro atoms. The van der Waals surface area contributed by atoms with Gasteiger partial charge in [0, 0.05) is 17.3 Å². The van der Waals surface area contributed by atoms with Crippen molar-refractivity contribution in [2.24, 2.45) is 0 Å². The number of hydrogen-bond acceptors (Lipinski definition) is 6. The van der Waals surface area contributed by atoms with E-state index in [1.165, 1.54) is 12.1 Å². The van der Waals surface area contributed by atoms with Crippen LogP contribution in [0, 0.1) is 6.92 Å². The molecule has 1 atom stereocenters. The van der Waals surface area contributed by atoms with E-state index in [1.807, 2.05) is 26.0 Å². The number of esters is 1. The normalized spacial score (nSPS) is 12.3. The zero-order chi connectivity index (χ0) is 23.6. The molecule has 2 rings (SSSR count). The van der Waals surface area contributed by atoms with Crippen molar-refractivity contribution in [3.05, 3.63) is 53.6 Å². The second kappa shape index (κ2) is 12.6. The van der Waals surface area contributed by atoms with Gasteiger partial charge in [0.15, 0.2) is 6.61 Å². The van der Waals surface area contributed by atoms with E-state index in [1.54, 1.807) is 24.8 Å². The van der Waals surface area contributed by atoms with Crippen molar-refractivity contribution in [3.8, 4) is 11.5 Å². The summed E-state index contributed by atoms with van der Waals surface area (Å²) in [5, 5.41) is 0. The van der Waals surface area contributed by atoms with Gasteiger partial charge in [0.1, 0.15) is 24.2 Å². The average Bonchev–Trinajstić information content (AvgIpc) is 2.75. The molecule has 0 aliphatic rings. The summed E-state index contributed by atoms with van der Waals surface area (Å²) in [4.78, 5) is 12.4. The van der Waals surface area contributed by atoms with Crippen LogP contribution in [0.15, 0.2) is 47.4 Å². The molecular weight excluding hydrogens is 445 g/mol. The van der Waals surface area contributed by atoms with Crippen molar-refractivity contribution in [3.63, 3.8) is 0 Å². The molecule has 0 radical (unpaired) electrons. The molecule has 0 bridgehead atoms. The van der Waals surface area contributed by atoms with Crippen LogP contribution in [0.3, 0.4) is 0 Å². The zero-order valence-corrected chi connectivity index (χ0v) is 19.1. The lowest BCUT2D eigenvalue weighted by molar-refractivity contribution is -0.145. The van der Waals surface area contributed by atoms with Gasteiger partial charge in [-0.2, -0.15) is 13.2 Å². The first kappa shape index (κ1) is 25.9. The fraction of sp³-hybridized carbons (Fsp3) is 0.435. The van der Waals surface area contributed by atoms with Crippen molar-refractivity contribution < 1.29 is 36.9 Å². The predicted octanol–water partition coefficient (Wildman–Crippen LogP) is 5.53. The first-order valence-corrected chi connectivity index (χ1v) is 11.1. The third-order valence-electron chi connectivity index (χ3n) is 4.25. The van der Waals surface area contributed by atoms with Crippen LogP contribution >= 0.6 is 11.8 Å². The molecule has 0 unspecified atom stereocenters. The lowest BCUT2D eigenvalue weighted by atomic mass is 10.2. The minimum Gasteiger partial charge on any atom is -0.491 e. The molecule has 0 N–H and O–H groups in total. The van der Waals surface area contributed by atoms with Gasteiger partial charge >= 0.3 is 12.1 Å². The van der Waals surface area contributed by atoms with E-state index in [0.29, 0.717) is 30.5 Å². The van der Waals surface area contributed by atoms with E-state index < -0.39 is 17.7 Å². The lowest BCUT2D eigenvalue weighted by Gasteiger charge is -2.18. The minimum atomic E-state index is -4.37. The Morgan fingerprint density at radius 1 is 1.03 bits per heavy atom. The van der Waals surface area contributed by atoms with E-state index in [9.17, 15) is 18.0 Å². The number of rotatable bonds is 12. The van der Waals surface area contributed by atoms with Crippen molar-refractivity contribution in [2.75, 3.05) is 32.2 Å². The number of benzene rings is 2. The monoisotopic (exact) mass is 472 g/mol. The maximum Gasteiger partial charge on any atom is 0.416 e. The maximum atomic E-state index is 12.7. The summed E-state index contributed by atoms with van der Waals surface area (Å²) < 4.78 is 59.7. The van der Waals surface area contributed by atoms with E-state index >= 15 is 0 Å². The zero-order valence-electron chi connectivity index (χ0n) is 18.2. The fourth-order valence-corrected chi connectivity index (χ4v) is 3.71. The second-order valence-corrected chi connectivity index (χ2v) is 7.84. The molecule has 9 heteroatoms. The summed E-state index contributed by atoms with van der Waals surface area (Å²) in [5.41, 5.74) is 0.167. The fourth-order valence-electron chi connectivity index (χ4n) is 2.71. The SMILES string of the molecule is CCOC(=O)COc1ccc(SC[C@H](COc2ccc(C(F)(F)F)cc2)OCC)cc1C. The molecule has 0 saturated carbocycles. The Bertz CT molecular complexity index is 856. The third-order valence-corrected chi connectivity index (χ3v) is 5.38. The molecule has 32 heavy (non-hydrogen) atoms. The first-order valence-electron chi connectivity index (χ1n) is 10.2. The Labute approximate surface area is 190 Å². The van der Waals surface area contributed by atoms with Gasteiger partial charge in [-0.1, -0.05) is 0 Å². The molecule has 0 aromatic heterocycles. The van der Waals surface area contributed by atoms with Gasteiger partial charge < -0.3 is 18.9 Å². The molecule has 0 amide bonds. The molecule has 0 saturated heterocycles. The lowest BCUT2D eigenvalue weighted by Crippen LogP contribution is -2.24. The quantitative estimate of drug-likeness (QED) is 0.299. The molecule has 0 aliphatic heterocycles. The molecule has 0 fully saturated rings. The number of hydrogen-bond donors (Lipinski definition) is 0. The van der Waals surface area contributed by atoms with Crippen LogP contribution in [0.2, 0.25) is 0 Å². The molecule has 176 valence electrons. The highest BCUT2D eigenvalue weighted by Crippen LogP contribution is 2.30. The average molecular weight is 473 g/mol. The van der Waals surface area contributed by atoms with Crippen molar-refractivity contribution in [2.45, 2.75) is 37.9 Å². The van der Waals surface area contributed by atoms with Gasteiger partial charge in [-0.05, 0) is 68.8 Å². The summed E-state index contributed by atoms with van der Waals surface area (Å²) in [7, 11) is 0. The molecular formula is C23H27F3O5S. The summed E-state index contributed by atoms with van der Waals surface area (Å²) in [5.74, 6) is 1.13. The molecule has 2 aromatic rings. The van der Waals surface area contributed by atoms with Gasteiger partial charge in [0.05, 0.1) is 12.2 Å². The van der Waals surface area contributed by atoms with Crippen LogP contribution in [-0.2, 0) is 20.4 Å². The molecule has 0 heterocycles. The van der Waals surface area contributed by atoms with E-state index in [-0.39, 0.29) is 19.3 Å². The molecule has 0 aliphatic carbocycles. The van der Waals surface area contributed by atoms with Crippen LogP contribution < -0.4 is 9.47 Å². The standard InChI is InChI=1S/C23H27F3O5S/c1-4-28-19(13-30-18-8-6-17(7-9-18)23(24,25)26)15-32-20-10-11-21(16(3)12-20)31-14-22(27)29-5-2/h6-12,19H,4-5,13-15H2,1-3H3/t19-/m0/s1. The Morgan fingerprint density at radius 3 is 2.34 bits per heavy atom. The van der Waals surface area contributed by atoms with Crippen LogP contribution in [0.25, 0.3) is 0 Å². The summed E-state index contributed by atoms with van der Waals surface area (Å²) in [6.07, 6.45) is -4.62. The Morgan fingerprint density at radius 2 is 1.75 bits per heavy atom. The number of thioether (sulfide) groups is 1. The summed E-state index contributed by atoms with van der Waals surface area (Å²) in [6.45, 7) is 6.36. The Hall–Kier alpha value is -2.39. The summed E-state index contributed by atoms with van der Waals surface area (Å²) >= 11 is 1.56. The van der Waals surface area contributed by atoms with Crippen molar-refractivity contribution in [1.82, 2.24) is 0 Å². The number of ether oxygens (including phenoxy) is 4. The highest BCUT2D eigenvalue weighted by molar-refractivity contribution is 7.99. The van der Waals surface area contributed by atoms with Gasteiger partial charge in [-0.3, -0.25) is 0 Å². The Kier molecular flexibility index (Phi) is 10.2. The number of carbonyl (C=O) groups excluding carboxylic acids is 1. The van der Waals surface area contributed by atoms with E-state index in [4.69, 9.17) is 18.9 Å². The van der Waals surface area contributed by atoms with Crippen LogP contribution in [0.5, 0.6) is 11.5 Å². The van der Waals surface area contributed by atoms with Crippen molar-refractivity contribution >= 4 is 17.7 Å². The largest absolute Gasteiger partial charge is 0.491 e. The van der Waals surface area contributed by atoms with Crippen LogP contribution in [0.4, 0.5) is 13.2 Å². The van der Waals surface area contributed by atoms with Crippen molar-refractivity contribution in [1.29, 1.82) is 0 Å². The number of halogens is 3. The van der Waals surface area contributed by atoms with Gasteiger partial charge in [0.25, 0.3) is 0 Å². The van der Waals surface area contributed by atoms with Crippen LogP contribution in [0.1, 0.15) is 25.0 Å². The Balaban J connectivity index is 1.87. The van der Waals surface area contributed by atoms with E-state index in [0.717, 1.165) is 22.6 Å². The minimum absolute atomic E-state index is 0.144. The molecule has 5 nitrogen and oxygen atoms in total. The smallest absolute Gasteiger partial charge is 0.416 e.